The maximum atomic E-state index is 5.94. The van der Waals surface area contributed by atoms with Gasteiger partial charge in [0.15, 0.2) is 5.58 Å². The Kier molecular flexibility index (Phi) is 3.39. The topological polar surface area (TPSA) is 54.7 Å². The number of rotatable bonds is 3. The minimum Gasteiger partial charge on any atom is -0.436 e. The van der Waals surface area contributed by atoms with Crippen LogP contribution in [-0.2, 0) is 0 Å². The summed E-state index contributed by atoms with van der Waals surface area (Å²) in [5.74, 6) is 0.623. The smallest absolute Gasteiger partial charge is 0.227 e. The molecule has 4 nitrogen and oxygen atoms in total. The number of para-hydroxylation sites is 3. The summed E-state index contributed by atoms with van der Waals surface area (Å²) in [7, 11) is 0. The summed E-state index contributed by atoms with van der Waals surface area (Å²) in [5, 5.41) is 8.55. The minimum atomic E-state index is 0.623. The van der Waals surface area contributed by atoms with Gasteiger partial charge < -0.3 is 4.42 Å². The number of benzene rings is 3. The molecule has 5 rings (SSSR count). The van der Waals surface area contributed by atoms with Crippen molar-refractivity contribution >= 4 is 34.2 Å². The lowest BCUT2D eigenvalue weighted by atomic mass is 10.1. The van der Waals surface area contributed by atoms with Gasteiger partial charge in [0.1, 0.15) is 5.52 Å². The van der Waals surface area contributed by atoms with E-state index in [-0.39, 0.29) is 0 Å². The lowest BCUT2D eigenvalue weighted by molar-refractivity contribution is 0.619. The molecule has 1 N–H and O–H groups in total. The van der Waals surface area contributed by atoms with Crippen molar-refractivity contribution in [3.05, 3.63) is 84.1 Å². The summed E-state index contributed by atoms with van der Waals surface area (Å²) < 4.78 is 5.94. The van der Waals surface area contributed by atoms with Gasteiger partial charge in [-0.2, -0.15) is 5.10 Å². The second-order valence-electron chi connectivity index (χ2n) is 6.06. The Hall–Kier alpha value is -3.66. The van der Waals surface area contributed by atoms with Gasteiger partial charge in [0, 0.05) is 10.9 Å². The van der Waals surface area contributed by atoms with Crippen LogP contribution in [0.2, 0.25) is 0 Å². The van der Waals surface area contributed by atoms with Crippen molar-refractivity contribution < 1.29 is 4.42 Å². The van der Waals surface area contributed by atoms with Gasteiger partial charge in [-0.05, 0) is 35.9 Å². The minimum absolute atomic E-state index is 0.623. The van der Waals surface area contributed by atoms with Crippen LogP contribution in [0.4, 0.5) is 0 Å². The molecule has 0 aliphatic heterocycles. The number of aromatic nitrogens is 3. The second kappa shape index (κ2) is 6.01. The molecule has 124 valence electrons. The van der Waals surface area contributed by atoms with Crippen LogP contribution < -0.4 is 0 Å². The number of aromatic amines is 1. The number of oxazole rings is 1. The fourth-order valence-corrected chi connectivity index (χ4v) is 3.10. The summed E-state index contributed by atoms with van der Waals surface area (Å²) in [5.41, 5.74) is 5.58. The molecule has 2 heterocycles. The molecule has 0 aliphatic carbocycles. The van der Waals surface area contributed by atoms with Crippen molar-refractivity contribution in [3.63, 3.8) is 0 Å². The molecule has 2 aromatic heterocycles. The molecular formula is C22H15N3O. The Morgan fingerprint density at radius 2 is 1.62 bits per heavy atom. The molecule has 0 radical (unpaired) electrons. The molecule has 0 saturated carbocycles. The first-order valence-electron chi connectivity index (χ1n) is 8.45. The fraction of sp³-hybridized carbons (Fsp3) is 0. The van der Waals surface area contributed by atoms with Crippen LogP contribution in [-0.4, -0.2) is 15.2 Å². The van der Waals surface area contributed by atoms with Gasteiger partial charge in [0.05, 0.1) is 11.2 Å². The number of H-pyrrole nitrogens is 1. The van der Waals surface area contributed by atoms with Crippen molar-refractivity contribution in [2.24, 2.45) is 0 Å². The third-order valence-corrected chi connectivity index (χ3v) is 4.41. The number of nitrogens with one attached hydrogen (secondary N) is 1. The third-order valence-electron chi connectivity index (χ3n) is 4.41. The van der Waals surface area contributed by atoms with E-state index in [1.54, 1.807) is 0 Å². The predicted octanol–water partition coefficient (Wildman–Crippen LogP) is 5.54. The average molecular weight is 337 g/mol. The highest BCUT2D eigenvalue weighted by Gasteiger charge is 2.10. The summed E-state index contributed by atoms with van der Waals surface area (Å²) in [6, 6.07) is 24.0. The fourth-order valence-electron chi connectivity index (χ4n) is 3.10. The summed E-state index contributed by atoms with van der Waals surface area (Å²) in [4.78, 5) is 4.62. The molecule has 0 aliphatic rings. The Morgan fingerprint density at radius 3 is 2.58 bits per heavy atom. The van der Waals surface area contributed by atoms with Crippen LogP contribution in [0, 0.1) is 0 Å². The van der Waals surface area contributed by atoms with E-state index in [0.717, 1.165) is 38.8 Å². The number of hydrogen-bond donors (Lipinski definition) is 1. The molecule has 0 atom stereocenters. The van der Waals surface area contributed by atoms with Gasteiger partial charge >= 0.3 is 0 Å². The maximum absolute atomic E-state index is 5.94. The Morgan fingerprint density at radius 1 is 0.808 bits per heavy atom. The van der Waals surface area contributed by atoms with E-state index in [0.29, 0.717) is 5.89 Å². The molecule has 5 aromatic rings. The lowest BCUT2D eigenvalue weighted by Crippen LogP contribution is -1.83. The first-order valence-corrected chi connectivity index (χ1v) is 8.45. The second-order valence-corrected chi connectivity index (χ2v) is 6.06. The predicted molar refractivity (Wildman–Crippen MR) is 104 cm³/mol. The standard InChI is InChI=1S/C22H15N3O/c1-2-8-16(22-23-20-11-5-6-12-21(20)26-22)15(7-1)13-14-19-17-9-3-4-10-18(17)24-25-19/h1-14H,(H,24,25). The van der Waals surface area contributed by atoms with Crippen molar-refractivity contribution in [3.8, 4) is 11.5 Å². The van der Waals surface area contributed by atoms with Gasteiger partial charge in [-0.1, -0.05) is 54.6 Å². The average Bonchev–Trinajstić information content (AvgIpc) is 3.30. The number of fused-ring (bicyclic) bond motifs is 2. The molecule has 0 fully saturated rings. The summed E-state index contributed by atoms with van der Waals surface area (Å²) in [6.07, 6.45) is 4.06. The number of nitrogens with zero attached hydrogens (tertiary/aromatic N) is 2. The normalized spacial score (nSPS) is 11.7. The Balaban J connectivity index is 1.58. The lowest BCUT2D eigenvalue weighted by Gasteiger charge is -2.01. The van der Waals surface area contributed by atoms with Crippen molar-refractivity contribution in [1.82, 2.24) is 15.2 Å². The van der Waals surface area contributed by atoms with Gasteiger partial charge in [-0.25, -0.2) is 4.98 Å². The SMILES string of the molecule is C(=Cc1n[nH]c2ccccc12)c1ccccc1-c1nc2ccccc2o1. The van der Waals surface area contributed by atoms with E-state index in [2.05, 4.69) is 27.3 Å². The molecule has 0 bridgehead atoms. The molecule has 4 heteroatoms. The molecule has 0 saturated heterocycles. The van der Waals surface area contributed by atoms with Crippen LogP contribution >= 0.6 is 0 Å². The summed E-state index contributed by atoms with van der Waals surface area (Å²) >= 11 is 0. The highest BCUT2D eigenvalue weighted by molar-refractivity contribution is 5.90. The van der Waals surface area contributed by atoms with Crippen molar-refractivity contribution in [2.75, 3.05) is 0 Å². The highest BCUT2D eigenvalue weighted by Crippen LogP contribution is 2.28. The number of hydrogen-bond acceptors (Lipinski definition) is 3. The van der Waals surface area contributed by atoms with Crippen molar-refractivity contribution in [1.29, 1.82) is 0 Å². The first-order chi connectivity index (χ1) is 12.9. The van der Waals surface area contributed by atoms with Gasteiger partial charge in [0.2, 0.25) is 5.89 Å². The van der Waals surface area contributed by atoms with E-state index in [1.807, 2.05) is 72.8 Å². The molecular weight excluding hydrogens is 322 g/mol. The van der Waals surface area contributed by atoms with Gasteiger partial charge in [-0.3, -0.25) is 5.10 Å². The monoisotopic (exact) mass is 337 g/mol. The Labute approximate surface area is 149 Å². The van der Waals surface area contributed by atoms with E-state index in [1.165, 1.54) is 0 Å². The zero-order chi connectivity index (χ0) is 17.3. The van der Waals surface area contributed by atoms with Crippen molar-refractivity contribution in [2.45, 2.75) is 0 Å². The zero-order valence-corrected chi connectivity index (χ0v) is 13.9. The quantitative estimate of drug-likeness (QED) is 0.470. The largest absolute Gasteiger partial charge is 0.436 e. The van der Waals surface area contributed by atoms with Gasteiger partial charge in [0.25, 0.3) is 0 Å². The van der Waals surface area contributed by atoms with E-state index >= 15 is 0 Å². The van der Waals surface area contributed by atoms with Crippen LogP contribution in [0.3, 0.4) is 0 Å². The molecule has 0 unspecified atom stereocenters. The van der Waals surface area contributed by atoms with E-state index < -0.39 is 0 Å². The third kappa shape index (κ3) is 2.48. The van der Waals surface area contributed by atoms with Crippen LogP contribution in [0.1, 0.15) is 11.3 Å². The summed E-state index contributed by atoms with van der Waals surface area (Å²) in [6.45, 7) is 0. The first kappa shape index (κ1) is 14.7. The van der Waals surface area contributed by atoms with E-state index in [4.69, 9.17) is 4.42 Å². The Bertz CT molecular complexity index is 1210. The molecule has 26 heavy (non-hydrogen) atoms. The molecule has 0 spiro atoms. The van der Waals surface area contributed by atoms with Gasteiger partial charge in [-0.15, -0.1) is 0 Å². The maximum Gasteiger partial charge on any atom is 0.227 e. The molecule has 3 aromatic carbocycles. The van der Waals surface area contributed by atoms with Crippen LogP contribution in [0.5, 0.6) is 0 Å². The zero-order valence-electron chi connectivity index (χ0n) is 13.9. The van der Waals surface area contributed by atoms with E-state index in [9.17, 15) is 0 Å². The molecule has 0 amide bonds. The highest BCUT2D eigenvalue weighted by atomic mass is 16.3. The van der Waals surface area contributed by atoms with Crippen LogP contribution in [0.15, 0.2) is 77.2 Å². The van der Waals surface area contributed by atoms with Crippen LogP contribution in [0.25, 0.3) is 45.6 Å².